The maximum atomic E-state index is 12.3. The first kappa shape index (κ1) is 16.0. The van der Waals surface area contributed by atoms with Crippen molar-refractivity contribution >= 4 is 10.0 Å². The highest BCUT2D eigenvalue weighted by atomic mass is 32.2. The van der Waals surface area contributed by atoms with E-state index in [1.165, 1.54) is 7.11 Å². The SMILES string of the molecule is CCC(C)NS(=O)(=O)c1ccc(C(C)C)cc1OC. The van der Waals surface area contributed by atoms with E-state index in [2.05, 4.69) is 18.6 Å². The van der Waals surface area contributed by atoms with E-state index < -0.39 is 10.0 Å². The molecule has 0 aliphatic carbocycles. The molecule has 1 unspecified atom stereocenters. The van der Waals surface area contributed by atoms with Crippen molar-refractivity contribution in [2.45, 2.75) is 51.0 Å². The van der Waals surface area contributed by atoms with Crippen molar-refractivity contribution in [2.24, 2.45) is 0 Å². The third-order valence-electron chi connectivity index (χ3n) is 3.11. The molecule has 0 aliphatic heterocycles. The van der Waals surface area contributed by atoms with Gasteiger partial charge >= 0.3 is 0 Å². The van der Waals surface area contributed by atoms with Gasteiger partial charge in [0.15, 0.2) is 0 Å². The van der Waals surface area contributed by atoms with Crippen LogP contribution in [0.5, 0.6) is 5.75 Å². The summed E-state index contributed by atoms with van der Waals surface area (Å²) >= 11 is 0. The van der Waals surface area contributed by atoms with Gasteiger partial charge in [-0.1, -0.05) is 26.8 Å². The largest absolute Gasteiger partial charge is 0.495 e. The Kier molecular flexibility index (Phi) is 5.38. The molecule has 1 aromatic carbocycles. The van der Waals surface area contributed by atoms with Gasteiger partial charge in [-0.15, -0.1) is 0 Å². The third-order valence-corrected chi connectivity index (χ3v) is 4.74. The Hall–Kier alpha value is -1.07. The van der Waals surface area contributed by atoms with Gasteiger partial charge in [0.2, 0.25) is 10.0 Å². The van der Waals surface area contributed by atoms with Crippen LogP contribution in [0.1, 0.15) is 45.6 Å². The summed E-state index contributed by atoms with van der Waals surface area (Å²) in [6, 6.07) is 5.13. The summed E-state index contributed by atoms with van der Waals surface area (Å²) in [5, 5.41) is 0. The number of hydrogen-bond donors (Lipinski definition) is 1. The number of hydrogen-bond acceptors (Lipinski definition) is 3. The second-order valence-corrected chi connectivity index (χ2v) is 6.68. The van der Waals surface area contributed by atoms with E-state index in [-0.39, 0.29) is 10.9 Å². The predicted octanol–water partition coefficient (Wildman–Crippen LogP) is 2.90. The average Bonchev–Trinajstić information content (AvgIpc) is 2.37. The van der Waals surface area contributed by atoms with Crippen LogP contribution in [0, 0.1) is 0 Å². The first-order valence-electron chi connectivity index (χ1n) is 6.52. The molecule has 0 saturated carbocycles. The minimum Gasteiger partial charge on any atom is -0.495 e. The Morgan fingerprint density at radius 1 is 1.26 bits per heavy atom. The van der Waals surface area contributed by atoms with E-state index in [1.807, 2.05) is 19.9 Å². The average molecular weight is 285 g/mol. The van der Waals surface area contributed by atoms with Gasteiger partial charge in [-0.25, -0.2) is 13.1 Å². The fourth-order valence-electron chi connectivity index (χ4n) is 1.68. The smallest absolute Gasteiger partial charge is 0.244 e. The van der Waals surface area contributed by atoms with Gasteiger partial charge < -0.3 is 4.74 Å². The van der Waals surface area contributed by atoms with Crippen LogP contribution in [0.3, 0.4) is 0 Å². The van der Waals surface area contributed by atoms with Crippen molar-refractivity contribution in [3.63, 3.8) is 0 Å². The molecule has 4 nitrogen and oxygen atoms in total. The zero-order chi connectivity index (χ0) is 14.6. The van der Waals surface area contributed by atoms with Crippen molar-refractivity contribution in [3.8, 4) is 5.75 Å². The molecule has 0 radical (unpaired) electrons. The summed E-state index contributed by atoms with van der Waals surface area (Å²) in [6.07, 6.45) is 0.742. The molecule has 0 saturated heterocycles. The number of sulfonamides is 1. The fraction of sp³-hybridized carbons (Fsp3) is 0.571. The number of benzene rings is 1. The van der Waals surface area contributed by atoms with Gasteiger partial charge in [-0.3, -0.25) is 0 Å². The molecular weight excluding hydrogens is 262 g/mol. The number of rotatable bonds is 6. The van der Waals surface area contributed by atoms with Crippen LogP contribution in [0.2, 0.25) is 0 Å². The Labute approximate surface area is 116 Å². The number of nitrogens with one attached hydrogen (secondary N) is 1. The first-order chi connectivity index (χ1) is 8.81. The maximum absolute atomic E-state index is 12.3. The Morgan fingerprint density at radius 2 is 1.89 bits per heavy atom. The van der Waals surface area contributed by atoms with E-state index >= 15 is 0 Å². The molecule has 0 spiro atoms. The lowest BCUT2D eigenvalue weighted by Crippen LogP contribution is -2.32. The van der Waals surface area contributed by atoms with Gasteiger partial charge in [-0.2, -0.15) is 0 Å². The quantitative estimate of drug-likeness (QED) is 0.874. The van der Waals surface area contributed by atoms with Crippen LogP contribution in [-0.4, -0.2) is 21.6 Å². The second-order valence-electron chi connectivity index (χ2n) is 5.00. The van der Waals surface area contributed by atoms with Crippen molar-refractivity contribution in [3.05, 3.63) is 23.8 Å². The topological polar surface area (TPSA) is 55.4 Å². The van der Waals surface area contributed by atoms with E-state index in [1.54, 1.807) is 12.1 Å². The molecule has 0 amide bonds. The van der Waals surface area contributed by atoms with Crippen molar-refractivity contribution in [1.29, 1.82) is 0 Å². The van der Waals surface area contributed by atoms with Crippen molar-refractivity contribution in [1.82, 2.24) is 4.72 Å². The molecule has 1 atom stereocenters. The molecule has 108 valence electrons. The summed E-state index contributed by atoms with van der Waals surface area (Å²) in [5.74, 6) is 0.718. The third kappa shape index (κ3) is 3.94. The zero-order valence-electron chi connectivity index (χ0n) is 12.2. The van der Waals surface area contributed by atoms with Crippen LogP contribution in [-0.2, 0) is 10.0 Å². The fourth-order valence-corrected chi connectivity index (χ4v) is 3.15. The van der Waals surface area contributed by atoms with E-state index in [9.17, 15) is 8.42 Å². The Morgan fingerprint density at radius 3 is 2.37 bits per heavy atom. The zero-order valence-corrected chi connectivity index (χ0v) is 13.0. The molecule has 0 aromatic heterocycles. The highest BCUT2D eigenvalue weighted by molar-refractivity contribution is 7.89. The van der Waals surface area contributed by atoms with Gasteiger partial charge in [0, 0.05) is 6.04 Å². The molecule has 1 N–H and O–H groups in total. The molecule has 0 bridgehead atoms. The molecule has 19 heavy (non-hydrogen) atoms. The summed E-state index contributed by atoms with van der Waals surface area (Å²) < 4.78 is 32.4. The number of ether oxygens (including phenoxy) is 1. The lowest BCUT2D eigenvalue weighted by atomic mass is 10.0. The van der Waals surface area contributed by atoms with E-state index in [0.717, 1.165) is 12.0 Å². The lowest BCUT2D eigenvalue weighted by molar-refractivity contribution is 0.401. The standard InChI is InChI=1S/C14H23NO3S/c1-6-11(4)15-19(16,17)14-8-7-12(10(2)3)9-13(14)18-5/h7-11,15H,6H2,1-5H3. The van der Waals surface area contributed by atoms with Crippen LogP contribution in [0.4, 0.5) is 0 Å². The maximum Gasteiger partial charge on any atom is 0.244 e. The molecule has 5 heteroatoms. The van der Waals surface area contributed by atoms with Gasteiger partial charge in [-0.05, 0) is 37.0 Å². The Balaban J connectivity index is 3.19. The molecule has 1 aromatic rings. The van der Waals surface area contributed by atoms with Crippen LogP contribution >= 0.6 is 0 Å². The molecule has 0 heterocycles. The van der Waals surface area contributed by atoms with Gasteiger partial charge in [0.05, 0.1) is 7.11 Å². The van der Waals surface area contributed by atoms with Crippen LogP contribution in [0.15, 0.2) is 23.1 Å². The first-order valence-corrected chi connectivity index (χ1v) is 8.00. The highest BCUT2D eigenvalue weighted by Crippen LogP contribution is 2.28. The van der Waals surface area contributed by atoms with Crippen LogP contribution in [0.25, 0.3) is 0 Å². The summed E-state index contributed by atoms with van der Waals surface area (Å²) in [4.78, 5) is 0.194. The monoisotopic (exact) mass is 285 g/mol. The predicted molar refractivity (Wildman–Crippen MR) is 77.2 cm³/mol. The highest BCUT2D eigenvalue weighted by Gasteiger charge is 2.21. The van der Waals surface area contributed by atoms with Crippen molar-refractivity contribution < 1.29 is 13.2 Å². The van der Waals surface area contributed by atoms with Crippen LogP contribution < -0.4 is 9.46 Å². The normalized spacial score (nSPS) is 13.6. The molecule has 0 aliphatic rings. The lowest BCUT2D eigenvalue weighted by Gasteiger charge is -2.16. The van der Waals surface area contributed by atoms with E-state index in [0.29, 0.717) is 11.7 Å². The van der Waals surface area contributed by atoms with E-state index in [4.69, 9.17) is 4.74 Å². The number of methoxy groups -OCH3 is 1. The summed E-state index contributed by atoms with van der Waals surface area (Å²) in [6.45, 7) is 7.89. The minimum absolute atomic E-state index is 0.0977. The molecular formula is C14H23NO3S. The Bertz CT molecular complexity index is 523. The summed E-state index contributed by atoms with van der Waals surface area (Å²) in [7, 11) is -2.04. The van der Waals surface area contributed by atoms with Gasteiger partial charge in [0.1, 0.15) is 10.6 Å². The molecule has 0 fully saturated rings. The second kappa shape index (κ2) is 6.39. The van der Waals surface area contributed by atoms with Crippen molar-refractivity contribution in [2.75, 3.05) is 7.11 Å². The van der Waals surface area contributed by atoms with Gasteiger partial charge in [0.25, 0.3) is 0 Å². The minimum atomic E-state index is -3.53. The molecule has 1 rings (SSSR count). The summed E-state index contributed by atoms with van der Waals surface area (Å²) in [5.41, 5.74) is 1.05.